The number of hydrogen-bond acceptors (Lipinski definition) is 5. The van der Waals surface area contributed by atoms with Crippen LogP contribution in [0.2, 0.25) is 5.02 Å². The number of halogens is 1. The summed E-state index contributed by atoms with van der Waals surface area (Å²) in [4.78, 5) is 27.5. The first-order chi connectivity index (χ1) is 18.5. The molecule has 0 saturated carbocycles. The van der Waals surface area contributed by atoms with E-state index in [9.17, 15) is 18.4 Å². The third-order valence-corrected chi connectivity index (χ3v) is 10.0. The molecule has 1 aromatic heterocycles. The second kappa shape index (κ2) is 14.7. The highest BCUT2D eigenvalue weighted by Crippen LogP contribution is 2.38. The van der Waals surface area contributed by atoms with Crippen molar-refractivity contribution < 1.29 is 18.4 Å². The van der Waals surface area contributed by atoms with Gasteiger partial charge in [0.25, 0.3) is 5.91 Å². The maximum absolute atomic E-state index is 12.5. The second-order valence-electron chi connectivity index (χ2n) is 11.1. The minimum atomic E-state index is -2.09. The maximum Gasteiger partial charge on any atom is 0.262 e. The zero-order chi connectivity index (χ0) is 28.6. The topological polar surface area (TPSA) is 98.7 Å². The zero-order valence-corrected chi connectivity index (χ0v) is 25.8. The minimum Gasteiger partial charge on any atom is -0.351 e. The lowest BCUT2D eigenvalue weighted by molar-refractivity contribution is -0.118. The summed E-state index contributed by atoms with van der Waals surface area (Å²) < 4.78 is 20.1. The molecule has 0 radical (unpaired) electrons. The number of thiophene rings is 1. The van der Waals surface area contributed by atoms with Gasteiger partial charge in [-0.1, -0.05) is 50.4 Å². The second-order valence-corrected chi connectivity index (χ2v) is 13.9. The van der Waals surface area contributed by atoms with Gasteiger partial charge in [0.05, 0.1) is 9.77 Å². The lowest BCUT2D eigenvalue weighted by atomic mass is 9.89. The first kappa shape index (κ1) is 31.7. The number of hydrogen-bond donors (Lipinski definition) is 3. The molecular formula is C29H42ClN3O4S2. The molecule has 1 fully saturated rings. The summed E-state index contributed by atoms with van der Waals surface area (Å²) in [5, 5.41) is 7.89. The number of rotatable bonds is 13. The summed E-state index contributed by atoms with van der Waals surface area (Å²) in [5.74, 6) is 0.320. The number of nitrogens with zero attached hydrogens (tertiary/aromatic N) is 1. The number of nitrogens with one attached hydrogen (secondary N) is 2. The number of anilines is 1. The van der Waals surface area contributed by atoms with Crippen molar-refractivity contribution >= 4 is 51.5 Å². The third-order valence-electron chi connectivity index (χ3n) is 7.45. The van der Waals surface area contributed by atoms with Gasteiger partial charge in [-0.05, 0) is 88.2 Å². The smallest absolute Gasteiger partial charge is 0.262 e. The van der Waals surface area contributed by atoms with Crippen LogP contribution < -0.4 is 10.6 Å². The first-order valence-corrected chi connectivity index (χ1v) is 16.2. The van der Waals surface area contributed by atoms with E-state index in [2.05, 4.69) is 27.7 Å². The monoisotopic (exact) mass is 595 g/mol. The van der Waals surface area contributed by atoms with Crippen LogP contribution in [0.3, 0.4) is 0 Å². The number of amides is 2. The summed E-state index contributed by atoms with van der Waals surface area (Å²) in [6.45, 7) is 10.9. The molecule has 1 aliphatic rings. The third kappa shape index (κ3) is 8.85. The predicted molar refractivity (Wildman–Crippen MR) is 162 cm³/mol. The lowest BCUT2D eigenvalue weighted by Gasteiger charge is -2.32. The van der Waals surface area contributed by atoms with Crippen molar-refractivity contribution in [1.29, 1.82) is 0 Å². The Bertz CT molecular complexity index is 1140. The van der Waals surface area contributed by atoms with Gasteiger partial charge in [0.2, 0.25) is 5.91 Å². The van der Waals surface area contributed by atoms with E-state index in [-0.39, 0.29) is 22.8 Å². The van der Waals surface area contributed by atoms with Crippen LogP contribution in [0.1, 0.15) is 92.9 Å². The molecule has 0 aliphatic carbocycles. The molecule has 1 aromatic carbocycles. The van der Waals surface area contributed by atoms with Crippen LogP contribution in [0.5, 0.6) is 0 Å². The van der Waals surface area contributed by atoms with Crippen LogP contribution in [0, 0.1) is 5.92 Å². The fourth-order valence-electron chi connectivity index (χ4n) is 4.74. The minimum absolute atomic E-state index is 0.0323. The number of unbranched alkanes of at least 4 members (excludes halogenated alkanes) is 3. The number of likely N-dealkylation sites (tertiary alicyclic amines) is 1. The van der Waals surface area contributed by atoms with Gasteiger partial charge in [0.1, 0.15) is 4.88 Å². The van der Waals surface area contributed by atoms with Crippen molar-refractivity contribution in [2.45, 2.75) is 76.9 Å². The van der Waals surface area contributed by atoms with Crippen molar-refractivity contribution in [3.63, 3.8) is 0 Å². The van der Waals surface area contributed by atoms with Gasteiger partial charge in [-0.2, -0.15) is 0 Å². The van der Waals surface area contributed by atoms with Crippen LogP contribution in [0.4, 0.5) is 5.69 Å². The Hall–Kier alpha value is -1.78. The van der Waals surface area contributed by atoms with Crippen molar-refractivity contribution in [3.8, 4) is 0 Å². The highest BCUT2D eigenvalue weighted by atomic mass is 35.5. The molecule has 1 saturated heterocycles. The summed E-state index contributed by atoms with van der Waals surface area (Å²) in [6.07, 6.45) is 6.47. The Morgan fingerprint density at radius 3 is 2.54 bits per heavy atom. The summed E-state index contributed by atoms with van der Waals surface area (Å²) >= 11 is 5.48. The van der Waals surface area contributed by atoms with E-state index in [1.165, 1.54) is 16.9 Å². The van der Waals surface area contributed by atoms with E-state index in [0.717, 1.165) is 63.8 Å². The van der Waals surface area contributed by atoms with Gasteiger partial charge in [-0.25, -0.2) is 4.21 Å². The van der Waals surface area contributed by atoms with Crippen molar-refractivity contribution in [2.24, 2.45) is 5.92 Å². The van der Waals surface area contributed by atoms with Crippen LogP contribution >= 0.6 is 22.9 Å². The molecule has 10 heteroatoms. The predicted octanol–water partition coefficient (Wildman–Crippen LogP) is 6.62. The van der Waals surface area contributed by atoms with Crippen molar-refractivity contribution in [3.05, 3.63) is 50.7 Å². The van der Waals surface area contributed by atoms with Crippen LogP contribution in [-0.4, -0.2) is 51.7 Å². The van der Waals surface area contributed by atoms with Gasteiger partial charge in [0.15, 0.2) is 11.1 Å². The van der Waals surface area contributed by atoms with Gasteiger partial charge in [-0.3, -0.25) is 9.59 Å². The summed E-state index contributed by atoms with van der Waals surface area (Å²) in [6, 6.07) is 8.30. The first-order valence-electron chi connectivity index (χ1n) is 13.8. The molecule has 7 nitrogen and oxygen atoms in total. The van der Waals surface area contributed by atoms with E-state index in [1.54, 1.807) is 19.2 Å². The van der Waals surface area contributed by atoms with E-state index in [1.807, 2.05) is 26.0 Å². The number of piperidine rings is 1. The average molecular weight is 596 g/mol. The molecule has 3 rings (SSSR count). The van der Waals surface area contributed by atoms with Gasteiger partial charge < -0.3 is 20.1 Å². The summed E-state index contributed by atoms with van der Waals surface area (Å²) in [7, 11) is 0. The fraction of sp³-hybridized carbons (Fsp3) is 0.586. The molecule has 2 heterocycles. The maximum atomic E-state index is 12.5. The molecule has 1 atom stereocenters. The lowest BCUT2D eigenvalue weighted by Crippen LogP contribution is -2.33. The molecule has 3 N–H and O–H groups in total. The standard InChI is InChI=1S/C29H42ClN3O4S2/c1-20(2)27(34)32-23-11-9-10-22(18-23)21-12-16-33(17-13-21)15-8-6-5-7-14-31-28(35)26-25(30)24(19-38-26)29(3,4)39(36)37/h9-11,18-21H,5-8,12-17H2,1-4H3,(H,31,35)(H,32,34)(H,36,37). The van der Waals surface area contributed by atoms with E-state index in [0.29, 0.717) is 22.9 Å². The molecule has 2 aromatic rings. The van der Waals surface area contributed by atoms with Crippen molar-refractivity contribution in [2.75, 3.05) is 31.5 Å². The highest BCUT2D eigenvalue weighted by molar-refractivity contribution is 7.80. The van der Waals surface area contributed by atoms with Gasteiger partial charge >= 0.3 is 0 Å². The van der Waals surface area contributed by atoms with Crippen LogP contribution in [0.25, 0.3) is 0 Å². The highest BCUT2D eigenvalue weighted by Gasteiger charge is 2.33. The molecule has 2 amide bonds. The molecule has 39 heavy (non-hydrogen) atoms. The molecule has 1 aliphatic heterocycles. The average Bonchev–Trinajstić information content (AvgIpc) is 3.30. The molecule has 0 bridgehead atoms. The van der Waals surface area contributed by atoms with E-state index in [4.69, 9.17) is 11.6 Å². The quantitative estimate of drug-likeness (QED) is 0.178. The molecule has 0 spiro atoms. The van der Waals surface area contributed by atoms with Gasteiger partial charge in [0, 0.05) is 23.7 Å². The Kier molecular flexibility index (Phi) is 12.0. The Labute approximate surface area is 244 Å². The molecule has 216 valence electrons. The normalized spacial score (nSPS) is 15.9. The summed E-state index contributed by atoms with van der Waals surface area (Å²) in [5.41, 5.74) is 2.72. The largest absolute Gasteiger partial charge is 0.351 e. The number of carbonyl (C=O) groups is 2. The van der Waals surface area contributed by atoms with Crippen LogP contribution in [-0.2, 0) is 20.6 Å². The number of benzene rings is 1. The Morgan fingerprint density at radius 1 is 1.18 bits per heavy atom. The fourth-order valence-corrected chi connectivity index (χ4v) is 6.84. The van der Waals surface area contributed by atoms with Crippen LogP contribution in [0.15, 0.2) is 29.6 Å². The van der Waals surface area contributed by atoms with Gasteiger partial charge in [-0.15, -0.1) is 11.3 Å². The number of carbonyl (C=O) groups excluding carboxylic acids is 2. The Balaban J connectivity index is 1.30. The van der Waals surface area contributed by atoms with Crippen molar-refractivity contribution in [1.82, 2.24) is 10.2 Å². The van der Waals surface area contributed by atoms with E-state index < -0.39 is 15.8 Å². The molecular weight excluding hydrogens is 554 g/mol. The molecule has 1 unspecified atom stereocenters. The SMILES string of the molecule is CC(C)C(=O)Nc1cccc(C2CCN(CCCCCCNC(=O)c3scc(C(C)(C)S(=O)O)c3Cl)CC2)c1. The zero-order valence-electron chi connectivity index (χ0n) is 23.4. The Morgan fingerprint density at radius 2 is 1.87 bits per heavy atom. The van der Waals surface area contributed by atoms with E-state index >= 15 is 0 Å².